The first kappa shape index (κ1) is 12.3. The molecule has 0 aliphatic carbocycles. The van der Waals surface area contributed by atoms with Gasteiger partial charge < -0.3 is 0 Å². The average Bonchev–Trinajstić information content (AvgIpc) is 2.19. The maximum atomic E-state index is 10.8. The SMILES string of the molecule is Nc1ncc(CC(C[Se])C(=O)O)cc1Cl. The first-order valence-corrected chi connectivity index (χ1v) is 5.84. The molecule has 0 saturated heterocycles. The number of carboxylic acids is 1. The zero-order valence-corrected chi connectivity index (χ0v) is 10.3. The van der Waals surface area contributed by atoms with Gasteiger partial charge in [0.25, 0.3) is 0 Å². The van der Waals surface area contributed by atoms with Gasteiger partial charge >= 0.3 is 101 Å². The molecule has 0 spiro atoms. The molecule has 6 heteroatoms. The third-order valence-corrected chi connectivity index (χ3v) is 3.11. The summed E-state index contributed by atoms with van der Waals surface area (Å²) in [5.74, 6) is -1.02. The summed E-state index contributed by atoms with van der Waals surface area (Å²) in [6.07, 6.45) is 1.95. The second kappa shape index (κ2) is 5.35. The van der Waals surface area contributed by atoms with E-state index in [0.29, 0.717) is 16.8 Å². The number of carbonyl (C=O) groups is 1. The summed E-state index contributed by atoms with van der Waals surface area (Å²) >= 11 is 8.49. The van der Waals surface area contributed by atoms with Gasteiger partial charge in [-0.1, -0.05) is 0 Å². The fraction of sp³-hybridized carbons (Fsp3) is 0.333. The van der Waals surface area contributed by atoms with Crippen LogP contribution in [0.15, 0.2) is 12.3 Å². The Morgan fingerprint density at radius 3 is 2.87 bits per heavy atom. The van der Waals surface area contributed by atoms with Crippen LogP contribution in [0, 0.1) is 5.92 Å². The summed E-state index contributed by atoms with van der Waals surface area (Å²) in [5, 5.41) is 9.67. The number of aliphatic carboxylic acids is 1. The van der Waals surface area contributed by atoms with E-state index in [9.17, 15) is 4.79 Å². The summed E-state index contributed by atoms with van der Waals surface area (Å²) in [6, 6.07) is 1.65. The monoisotopic (exact) mass is 293 g/mol. The van der Waals surface area contributed by atoms with Crippen molar-refractivity contribution in [1.29, 1.82) is 0 Å². The molecule has 0 aromatic carbocycles. The fourth-order valence-electron chi connectivity index (χ4n) is 1.10. The van der Waals surface area contributed by atoms with Crippen LogP contribution in [0.25, 0.3) is 0 Å². The van der Waals surface area contributed by atoms with Crippen molar-refractivity contribution >= 4 is 39.4 Å². The van der Waals surface area contributed by atoms with Crippen molar-refractivity contribution in [2.75, 3.05) is 5.73 Å². The van der Waals surface area contributed by atoms with Crippen molar-refractivity contribution in [2.45, 2.75) is 11.7 Å². The van der Waals surface area contributed by atoms with E-state index in [-0.39, 0.29) is 5.82 Å². The number of hydrogen-bond donors (Lipinski definition) is 2. The molecule has 1 heterocycles. The molecule has 0 fully saturated rings. The van der Waals surface area contributed by atoms with Crippen LogP contribution in [0.4, 0.5) is 5.82 Å². The molecule has 0 bridgehead atoms. The second-order valence-corrected chi connectivity index (χ2v) is 4.22. The van der Waals surface area contributed by atoms with Crippen LogP contribution < -0.4 is 5.73 Å². The Labute approximate surface area is 101 Å². The van der Waals surface area contributed by atoms with Crippen LogP contribution in [-0.4, -0.2) is 32.1 Å². The Morgan fingerprint density at radius 2 is 2.40 bits per heavy atom. The van der Waals surface area contributed by atoms with Gasteiger partial charge in [0.2, 0.25) is 0 Å². The zero-order valence-electron chi connectivity index (χ0n) is 7.81. The van der Waals surface area contributed by atoms with Crippen LogP contribution in [-0.2, 0) is 11.2 Å². The minimum atomic E-state index is -0.832. The van der Waals surface area contributed by atoms with Crippen molar-refractivity contribution in [2.24, 2.45) is 5.92 Å². The molecule has 1 radical (unpaired) electrons. The Kier molecular flexibility index (Phi) is 4.39. The molecule has 81 valence electrons. The first-order chi connectivity index (χ1) is 7.04. The number of nitrogens with zero attached hydrogens (tertiary/aromatic N) is 1. The normalized spacial score (nSPS) is 12.4. The van der Waals surface area contributed by atoms with Gasteiger partial charge in [0, 0.05) is 0 Å². The van der Waals surface area contributed by atoms with E-state index in [1.165, 1.54) is 0 Å². The van der Waals surface area contributed by atoms with Crippen molar-refractivity contribution in [3.05, 3.63) is 22.8 Å². The molecule has 1 aromatic rings. The number of pyridine rings is 1. The van der Waals surface area contributed by atoms with Crippen LogP contribution in [0.2, 0.25) is 10.3 Å². The Balaban J connectivity index is 2.80. The predicted molar refractivity (Wildman–Crippen MR) is 59.1 cm³/mol. The van der Waals surface area contributed by atoms with Crippen LogP contribution in [0.5, 0.6) is 0 Å². The summed E-state index contributed by atoms with van der Waals surface area (Å²) in [6.45, 7) is 0. The van der Waals surface area contributed by atoms with E-state index in [4.69, 9.17) is 22.4 Å². The molecular weight excluding hydrogens is 283 g/mol. The molecule has 0 saturated carbocycles. The number of hydrogen-bond acceptors (Lipinski definition) is 3. The molecule has 1 unspecified atom stereocenters. The quantitative estimate of drug-likeness (QED) is 0.816. The standard InChI is InChI=1S/C9H10ClN2O2Se/c10-7-2-5(3-12-8(7)11)1-6(4-15)9(13)14/h2-3,6H,1,4H2,(H2,11,12)(H,13,14). The van der Waals surface area contributed by atoms with Gasteiger partial charge in [0.15, 0.2) is 0 Å². The summed E-state index contributed by atoms with van der Waals surface area (Å²) in [5.41, 5.74) is 6.22. The van der Waals surface area contributed by atoms with Gasteiger partial charge in [0.05, 0.1) is 0 Å². The van der Waals surface area contributed by atoms with E-state index < -0.39 is 11.9 Å². The van der Waals surface area contributed by atoms with Crippen molar-refractivity contribution in [1.82, 2.24) is 4.98 Å². The number of anilines is 1. The molecule has 1 atom stereocenters. The van der Waals surface area contributed by atoms with E-state index in [1.807, 2.05) is 0 Å². The molecule has 15 heavy (non-hydrogen) atoms. The van der Waals surface area contributed by atoms with E-state index in [0.717, 1.165) is 5.56 Å². The van der Waals surface area contributed by atoms with Gasteiger partial charge in [-0.05, 0) is 0 Å². The molecule has 3 N–H and O–H groups in total. The minimum absolute atomic E-state index is 0.260. The zero-order chi connectivity index (χ0) is 11.4. The van der Waals surface area contributed by atoms with Crippen molar-refractivity contribution in [3.8, 4) is 0 Å². The Hall–Kier alpha value is -0.771. The Morgan fingerprint density at radius 1 is 1.73 bits per heavy atom. The van der Waals surface area contributed by atoms with Gasteiger partial charge in [-0.15, -0.1) is 0 Å². The molecule has 0 aliphatic heterocycles. The van der Waals surface area contributed by atoms with E-state index in [2.05, 4.69) is 21.0 Å². The topological polar surface area (TPSA) is 76.2 Å². The maximum absolute atomic E-state index is 10.8. The summed E-state index contributed by atoms with van der Waals surface area (Å²) in [4.78, 5) is 14.7. The Bertz CT molecular complexity index is 373. The number of carboxylic acid groups (broad SMARTS) is 1. The van der Waals surface area contributed by atoms with Crippen LogP contribution >= 0.6 is 11.6 Å². The predicted octanol–water partition coefficient (Wildman–Crippen LogP) is 1.15. The van der Waals surface area contributed by atoms with Crippen LogP contribution in [0.3, 0.4) is 0 Å². The number of nitrogen functional groups attached to an aromatic ring is 1. The number of aromatic nitrogens is 1. The van der Waals surface area contributed by atoms with E-state index >= 15 is 0 Å². The van der Waals surface area contributed by atoms with Crippen molar-refractivity contribution < 1.29 is 9.90 Å². The van der Waals surface area contributed by atoms with Gasteiger partial charge in [-0.2, -0.15) is 0 Å². The molecule has 0 amide bonds. The summed E-state index contributed by atoms with van der Waals surface area (Å²) < 4.78 is 0. The average molecular weight is 293 g/mol. The third kappa shape index (κ3) is 3.38. The first-order valence-electron chi connectivity index (χ1n) is 4.25. The summed E-state index contributed by atoms with van der Waals surface area (Å²) in [7, 11) is 0. The van der Waals surface area contributed by atoms with Crippen LogP contribution in [0.1, 0.15) is 5.56 Å². The van der Waals surface area contributed by atoms with Gasteiger partial charge in [0.1, 0.15) is 0 Å². The second-order valence-electron chi connectivity index (χ2n) is 3.12. The number of rotatable bonds is 4. The molecule has 4 nitrogen and oxygen atoms in total. The van der Waals surface area contributed by atoms with Crippen molar-refractivity contribution in [3.63, 3.8) is 0 Å². The van der Waals surface area contributed by atoms with Gasteiger partial charge in [-0.25, -0.2) is 0 Å². The molecule has 1 rings (SSSR count). The molecule has 0 aliphatic rings. The molecular formula is C9H10ClN2O2Se. The number of halogens is 1. The number of nitrogens with two attached hydrogens (primary N) is 1. The van der Waals surface area contributed by atoms with Gasteiger partial charge in [-0.3, -0.25) is 0 Å². The van der Waals surface area contributed by atoms with E-state index in [1.54, 1.807) is 12.3 Å². The third-order valence-electron chi connectivity index (χ3n) is 1.96. The fourth-order valence-corrected chi connectivity index (χ4v) is 1.84. The molecule has 1 aromatic heterocycles.